The number of aromatic nitrogens is 6. The topological polar surface area (TPSA) is 142 Å². The van der Waals surface area contributed by atoms with Crippen molar-refractivity contribution >= 4 is 39.6 Å². The lowest BCUT2D eigenvalue weighted by Gasteiger charge is -2.26. The molecule has 1 saturated heterocycles. The van der Waals surface area contributed by atoms with E-state index >= 15 is 0 Å². The summed E-state index contributed by atoms with van der Waals surface area (Å²) in [5.74, 6) is 0.681. The molecule has 11 heteroatoms. The number of hydrogen-bond acceptors (Lipinski definition) is 7. The van der Waals surface area contributed by atoms with Crippen LogP contribution in [0.3, 0.4) is 0 Å². The maximum atomic E-state index is 13.2. The minimum atomic E-state index is -0.0642. The van der Waals surface area contributed by atoms with E-state index < -0.39 is 0 Å². The largest absolute Gasteiger partial charge is 0.378 e. The molecular weight excluding hydrogens is 496 g/mol. The zero-order chi connectivity index (χ0) is 26.9. The van der Waals surface area contributed by atoms with Gasteiger partial charge >= 0.3 is 0 Å². The third kappa shape index (κ3) is 4.96. The van der Waals surface area contributed by atoms with Crippen LogP contribution in [0.2, 0.25) is 0 Å². The van der Waals surface area contributed by atoms with Gasteiger partial charge in [-0.1, -0.05) is 19.9 Å². The molecule has 4 aromatic heterocycles. The lowest BCUT2D eigenvalue weighted by atomic mass is 10.1. The number of pyridine rings is 2. The molecule has 0 atom stereocenters. The number of rotatable bonds is 6. The Morgan fingerprint density at radius 3 is 2.74 bits per heavy atom. The number of H-pyrrole nitrogens is 2. The van der Waals surface area contributed by atoms with E-state index in [0.29, 0.717) is 66.7 Å². The molecule has 5 heterocycles. The standard InChI is InChI=1S/C28H28N8O3/c1-16(2)10-23(37)31-19-11-17(13-29-15-19)18-12-21-25(34-35-26(21)30-14-18)27-32-22-5-3-4-20(24(22)33-27)28(38)36-6-8-39-9-7-36/h3-5,11-16H,6-10H2,1-2H3,(H,31,37)(H,32,33)(H,30,34,35). The maximum absolute atomic E-state index is 13.2. The van der Waals surface area contributed by atoms with Crippen molar-refractivity contribution in [3.05, 3.63) is 54.5 Å². The second-order valence-corrected chi connectivity index (χ2v) is 9.99. The van der Waals surface area contributed by atoms with Crippen molar-refractivity contribution in [1.29, 1.82) is 0 Å². The number of morpholine rings is 1. The van der Waals surface area contributed by atoms with Crippen LogP contribution >= 0.6 is 0 Å². The molecular formula is C28H28N8O3. The predicted molar refractivity (Wildman–Crippen MR) is 147 cm³/mol. The van der Waals surface area contributed by atoms with Gasteiger partial charge in [0.2, 0.25) is 5.91 Å². The minimum Gasteiger partial charge on any atom is -0.378 e. The zero-order valence-electron chi connectivity index (χ0n) is 21.7. The van der Waals surface area contributed by atoms with Gasteiger partial charge in [-0.05, 0) is 30.2 Å². The van der Waals surface area contributed by atoms with E-state index in [1.54, 1.807) is 29.6 Å². The molecule has 5 aromatic rings. The predicted octanol–water partition coefficient (Wildman–Crippen LogP) is 4.02. The zero-order valence-corrected chi connectivity index (χ0v) is 21.7. The van der Waals surface area contributed by atoms with Crippen molar-refractivity contribution in [1.82, 2.24) is 35.0 Å². The van der Waals surface area contributed by atoms with Crippen molar-refractivity contribution in [2.45, 2.75) is 20.3 Å². The molecule has 11 nitrogen and oxygen atoms in total. The molecule has 0 saturated carbocycles. The number of amides is 2. The van der Waals surface area contributed by atoms with Gasteiger partial charge in [0.1, 0.15) is 11.2 Å². The Labute approximate surface area is 224 Å². The molecule has 6 rings (SSSR count). The van der Waals surface area contributed by atoms with E-state index in [4.69, 9.17) is 9.72 Å². The van der Waals surface area contributed by atoms with E-state index in [0.717, 1.165) is 22.0 Å². The van der Waals surface area contributed by atoms with Crippen molar-refractivity contribution in [2.75, 3.05) is 31.6 Å². The van der Waals surface area contributed by atoms with Crippen LogP contribution in [0.15, 0.2) is 48.9 Å². The van der Waals surface area contributed by atoms with Gasteiger partial charge in [0.25, 0.3) is 5.91 Å². The Bertz CT molecular complexity index is 1680. The van der Waals surface area contributed by atoms with Crippen molar-refractivity contribution < 1.29 is 14.3 Å². The minimum absolute atomic E-state index is 0.0500. The summed E-state index contributed by atoms with van der Waals surface area (Å²) in [6.45, 7) is 6.19. The van der Waals surface area contributed by atoms with Crippen LogP contribution in [0.4, 0.5) is 5.69 Å². The smallest absolute Gasteiger partial charge is 0.256 e. The number of nitrogens with one attached hydrogen (secondary N) is 3. The van der Waals surface area contributed by atoms with Crippen LogP contribution in [0.1, 0.15) is 30.6 Å². The third-order valence-corrected chi connectivity index (χ3v) is 6.63. The van der Waals surface area contributed by atoms with Gasteiger partial charge in [0.15, 0.2) is 11.5 Å². The fraction of sp³-hybridized carbons (Fsp3) is 0.286. The average molecular weight is 525 g/mol. The Balaban J connectivity index is 1.34. The first-order chi connectivity index (χ1) is 19.0. The van der Waals surface area contributed by atoms with E-state index in [2.05, 4.69) is 30.5 Å². The summed E-state index contributed by atoms with van der Waals surface area (Å²) >= 11 is 0. The maximum Gasteiger partial charge on any atom is 0.256 e. The summed E-state index contributed by atoms with van der Waals surface area (Å²) in [5, 5.41) is 11.1. The first-order valence-electron chi connectivity index (χ1n) is 12.9. The number of carbonyl (C=O) groups excluding carboxylic acids is 2. The number of aromatic amines is 2. The van der Waals surface area contributed by atoms with E-state index in [-0.39, 0.29) is 17.7 Å². The first kappa shape index (κ1) is 24.7. The van der Waals surface area contributed by atoms with Gasteiger partial charge in [-0.15, -0.1) is 0 Å². The fourth-order valence-corrected chi connectivity index (χ4v) is 4.74. The Hall–Kier alpha value is -4.64. The highest BCUT2D eigenvalue weighted by Gasteiger charge is 2.23. The van der Waals surface area contributed by atoms with Crippen LogP contribution in [-0.4, -0.2) is 73.2 Å². The van der Waals surface area contributed by atoms with Gasteiger partial charge < -0.3 is 19.9 Å². The Morgan fingerprint density at radius 1 is 1.10 bits per heavy atom. The number of carbonyl (C=O) groups is 2. The summed E-state index contributed by atoms with van der Waals surface area (Å²) in [6, 6.07) is 9.38. The quantitative estimate of drug-likeness (QED) is 0.305. The normalized spacial score (nSPS) is 13.9. The number of ether oxygens (including phenoxy) is 1. The number of hydrogen-bond donors (Lipinski definition) is 3. The Morgan fingerprint density at radius 2 is 1.92 bits per heavy atom. The molecule has 1 aliphatic heterocycles. The third-order valence-electron chi connectivity index (χ3n) is 6.63. The lowest BCUT2D eigenvalue weighted by molar-refractivity contribution is -0.116. The van der Waals surface area contributed by atoms with Crippen molar-refractivity contribution in [3.63, 3.8) is 0 Å². The molecule has 0 radical (unpaired) electrons. The highest BCUT2D eigenvalue weighted by atomic mass is 16.5. The number of fused-ring (bicyclic) bond motifs is 2. The van der Waals surface area contributed by atoms with Gasteiger partial charge in [0.05, 0.1) is 41.6 Å². The van der Waals surface area contributed by atoms with Crippen LogP contribution in [0.5, 0.6) is 0 Å². The molecule has 1 aromatic carbocycles. The SMILES string of the molecule is CC(C)CC(=O)Nc1cncc(-c2cnc3[nH]nc(-c4nc5c(C(=O)N6CCOCC6)cccc5[nH]4)c3c2)c1. The van der Waals surface area contributed by atoms with Crippen LogP contribution in [0.25, 0.3) is 44.7 Å². The number of benzene rings is 1. The van der Waals surface area contributed by atoms with E-state index in [9.17, 15) is 9.59 Å². The number of nitrogens with zero attached hydrogens (tertiary/aromatic N) is 5. The first-order valence-corrected chi connectivity index (χ1v) is 12.9. The molecule has 0 aliphatic carbocycles. The Kier molecular flexibility index (Phi) is 6.49. The highest BCUT2D eigenvalue weighted by molar-refractivity contribution is 6.06. The summed E-state index contributed by atoms with van der Waals surface area (Å²) in [5.41, 5.74) is 5.33. The second-order valence-electron chi connectivity index (χ2n) is 9.99. The number of imidazole rings is 1. The molecule has 39 heavy (non-hydrogen) atoms. The monoisotopic (exact) mass is 524 g/mol. The van der Waals surface area contributed by atoms with Gasteiger partial charge in [-0.25, -0.2) is 9.97 Å². The van der Waals surface area contributed by atoms with Gasteiger partial charge in [-0.3, -0.25) is 19.7 Å². The second kappa shape index (κ2) is 10.3. The number of anilines is 1. The molecule has 1 aliphatic rings. The molecule has 3 N–H and O–H groups in total. The molecule has 0 spiro atoms. The van der Waals surface area contributed by atoms with Crippen LogP contribution in [0, 0.1) is 5.92 Å². The molecule has 2 amide bonds. The van der Waals surface area contributed by atoms with Crippen LogP contribution in [-0.2, 0) is 9.53 Å². The van der Waals surface area contributed by atoms with Crippen LogP contribution < -0.4 is 5.32 Å². The summed E-state index contributed by atoms with van der Waals surface area (Å²) in [7, 11) is 0. The molecule has 0 unspecified atom stereocenters. The number of para-hydroxylation sites is 1. The molecule has 0 bridgehead atoms. The fourth-order valence-electron chi connectivity index (χ4n) is 4.74. The molecule has 198 valence electrons. The molecule has 1 fully saturated rings. The lowest BCUT2D eigenvalue weighted by Crippen LogP contribution is -2.40. The average Bonchev–Trinajstić information content (AvgIpc) is 3.56. The summed E-state index contributed by atoms with van der Waals surface area (Å²) in [6.07, 6.45) is 5.53. The van der Waals surface area contributed by atoms with E-state index in [1.165, 1.54) is 0 Å². The van der Waals surface area contributed by atoms with Gasteiger partial charge in [-0.2, -0.15) is 5.10 Å². The summed E-state index contributed by atoms with van der Waals surface area (Å²) < 4.78 is 5.39. The van der Waals surface area contributed by atoms with Gasteiger partial charge in [0, 0.05) is 43.0 Å². The van der Waals surface area contributed by atoms with Crippen molar-refractivity contribution in [2.24, 2.45) is 5.92 Å². The highest BCUT2D eigenvalue weighted by Crippen LogP contribution is 2.30. The van der Waals surface area contributed by atoms with E-state index in [1.807, 2.05) is 38.1 Å². The summed E-state index contributed by atoms with van der Waals surface area (Å²) in [4.78, 5) is 44.2. The van der Waals surface area contributed by atoms with Crippen molar-refractivity contribution in [3.8, 4) is 22.6 Å².